The van der Waals surface area contributed by atoms with E-state index in [1.165, 1.54) is 0 Å². The van der Waals surface area contributed by atoms with E-state index in [0.717, 1.165) is 56.1 Å². The van der Waals surface area contributed by atoms with Gasteiger partial charge >= 0.3 is 0 Å². The lowest BCUT2D eigenvalue weighted by molar-refractivity contribution is 0.0434. The summed E-state index contributed by atoms with van der Waals surface area (Å²) in [6.45, 7) is 11.3. The van der Waals surface area contributed by atoms with Crippen LogP contribution in [-0.2, 0) is 6.54 Å². The van der Waals surface area contributed by atoms with Crippen molar-refractivity contribution in [1.29, 1.82) is 0 Å². The summed E-state index contributed by atoms with van der Waals surface area (Å²) in [5.74, 6) is 1.90. The van der Waals surface area contributed by atoms with Crippen LogP contribution in [0.4, 0.5) is 0 Å². The standard InChI is InChI=1S/C17H29N3O/c1-12(2)9-17(21)15-5-7-20(8-6-15)11-16-10-13(3)18-14(4)19-16/h10,12,15,17,21H,5-9,11H2,1-4H3. The fourth-order valence-corrected chi connectivity index (χ4v) is 3.28. The Morgan fingerprint density at radius 1 is 1.24 bits per heavy atom. The van der Waals surface area contributed by atoms with Gasteiger partial charge in [-0.3, -0.25) is 4.90 Å². The zero-order chi connectivity index (χ0) is 15.4. The summed E-state index contributed by atoms with van der Waals surface area (Å²) in [5, 5.41) is 10.3. The first-order valence-electron chi connectivity index (χ1n) is 8.15. The van der Waals surface area contributed by atoms with E-state index in [2.05, 4.69) is 34.8 Å². The zero-order valence-electron chi connectivity index (χ0n) is 13.8. The molecule has 1 aliphatic heterocycles. The number of nitrogens with zero attached hydrogens (tertiary/aromatic N) is 3. The third-order valence-electron chi connectivity index (χ3n) is 4.29. The van der Waals surface area contributed by atoms with Crippen LogP contribution in [-0.4, -0.2) is 39.2 Å². The molecule has 0 saturated carbocycles. The molecule has 4 heteroatoms. The van der Waals surface area contributed by atoms with Crippen LogP contribution in [0.5, 0.6) is 0 Å². The number of rotatable bonds is 5. The summed E-state index contributed by atoms with van der Waals surface area (Å²) in [5.41, 5.74) is 2.15. The second-order valence-corrected chi connectivity index (χ2v) is 6.86. The van der Waals surface area contributed by atoms with Crippen molar-refractivity contribution in [1.82, 2.24) is 14.9 Å². The molecule has 118 valence electrons. The highest BCUT2D eigenvalue weighted by Gasteiger charge is 2.25. The molecule has 1 N–H and O–H groups in total. The summed E-state index contributed by atoms with van der Waals surface area (Å²) < 4.78 is 0. The Kier molecular flexibility index (Phi) is 5.71. The molecule has 1 unspecified atom stereocenters. The maximum absolute atomic E-state index is 10.3. The Hall–Kier alpha value is -1.00. The van der Waals surface area contributed by atoms with Gasteiger partial charge in [0.1, 0.15) is 5.82 Å². The molecule has 1 aliphatic rings. The molecular weight excluding hydrogens is 262 g/mol. The second-order valence-electron chi connectivity index (χ2n) is 6.86. The van der Waals surface area contributed by atoms with Crippen molar-refractivity contribution in [3.63, 3.8) is 0 Å². The summed E-state index contributed by atoms with van der Waals surface area (Å²) in [7, 11) is 0. The van der Waals surface area contributed by atoms with Gasteiger partial charge in [0.2, 0.25) is 0 Å². The van der Waals surface area contributed by atoms with Crippen LogP contribution in [0.2, 0.25) is 0 Å². The lowest BCUT2D eigenvalue weighted by atomic mass is 9.87. The van der Waals surface area contributed by atoms with E-state index in [1.807, 2.05) is 13.8 Å². The highest BCUT2D eigenvalue weighted by atomic mass is 16.3. The van der Waals surface area contributed by atoms with Gasteiger partial charge in [0, 0.05) is 12.2 Å². The summed E-state index contributed by atoms with van der Waals surface area (Å²) in [6, 6.07) is 2.08. The molecule has 4 nitrogen and oxygen atoms in total. The van der Waals surface area contributed by atoms with Crippen molar-refractivity contribution in [2.45, 2.75) is 59.6 Å². The number of aromatic nitrogens is 2. The lowest BCUT2D eigenvalue weighted by Gasteiger charge is -2.34. The van der Waals surface area contributed by atoms with E-state index in [4.69, 9.17) is 0 Å². The Balaban J connectivity index is 1.84. The smallest absolute Gasteiger partial charge is 0.125 e. The molecule has 0 radical (unpaired) electrons. The van der Waals surface area contributed by atoms with E-state index < -0.39 is 0 Å². The molecule has 0 aliphatic carbocycles. The molecule has 1 fully saturated rings. The average molecular weight is 291 g/mol. The summed E-state index contributed by atoms with van der Waals surface area (Å²) in [4.78, 5) is 11.3. The number of aliphatic hydroxyl groups excluding tert-OH is 1. The van der Waals surface area contributed by atoms with Crippen LogP contribution < -0.4 is 0 Å². The predicted molar refractivity (Wildman–Crippen MR) is 85.0 cm³/mol. The third kappa shape index (κ3) is 5.04. The third-order valence-corrected chi connectivity index (χ3v) is 4.29. The number of hydrogen-bond acceptors (Lipinski definition) is 4. The predicted octanol–water partition coefficient (Wildman–Crippen LogP) is 2.71. The van der Waals surface area contributed by atoms with Gasteiger partial charge in [-0.05, 0) is 64.1 Å². The molecule has 0 spiro atoms. The minimum absolute atomic E-state index is 0.129. The highest BCUT2D eigenvalue weighted by molar-refractivity contribution is 5.09. The first kappa shape index (κ1) is 16.4. The topological polar surface area (TPSA) is 49.2 Å². The molecule has 0 aromatic carbocycles. The monoisotopic (exact) mass is 291 g/mol. The van der Waals surface area contributed by atoms with Gasteiger partial charge in [-0.15, -0.1) is 0 Å². The van der Waals surface area contributed by atoms with Gasteiger partial charge in [-0.2, -0.15) is 0 Å². The van der Waals surface area contributed by atoms with E-state index in [9.17, 15) is 5.11 Å². The van der Waals surface area contributed by atoms with Crippen molar-refractivity contribution in [3.05, 3.63) is 23.3 Å². The largest absolute Gasteiger partial charge is 0.393 e. The number of likely N-dealkylation sites (tertiary alicyclic amines) is 1. The molecule has 2 heterocycles. The lowest BCUT2D eigenvalue weighted by Crippen LogP contribution is -2.38. The fraction of sp³-hybridized carbons (Fsp3) is 0.765. The Morgan fingerprint density at radius 2 is 1.90 bits per heavy atom. The molecule has 1 saturated heterocycles. The zero-order valence-corrected chi connectivity index (χ0v) is 13.8. The van der Waals surface area contributed by atoms with Crippen LogP contribution >= 0.6 is 0 Å². The molecule has 0 bridgehead atoms. The maximum Gasteiger partial charge on any atom is 0.125 e. The minimum Gasteiger partial charge on any atom is -0.393 e. The molecule has 1 aromatic heterocycles. The normalized spacial score (nSPS) is 19.1. The number of aryl methyl sites for hydroxylation is 2. The molecule has 1 aromatic rings. The molecule has 2 rings (SSSR count). The quantitative estimate of drug-likeness (QED) is 0.906. The number of piperidine rings is 1. The first-order valence-corrected chi connectivity index (χ1v) is 8.15. The Bertz CT molecular complexity index is 433. The number of aliphatic hydroxyl groups is 1. The van der Waals surface area contributed by atoms with Crippen LogP contribution in [0.1, 0.15) is 50.3 Å². The van der Waals surface area contributed by atoms with E-state index in [1.54, 1.807) is 0 Å². The van der Waals surface area contributed by atoms with Crippen LogP contribution in [0.3, 0.4) is 0 Å². The first-order chi connectivity index (χ1) is 9.94. The Morgan fingerprint density at radius 3 is 2.48 bits per heavy atom. The van der Waals surface area contributed by atoms with E-state index >= 15 is 0 Å². The van der Waals surface area contributed by atoms with Crippen LogP contribution in [0, 0.1) is 25.7 Å². The number of hydrogen-bond donors (Lipinski definition) is 1. The van der Waals surface area contributed by atoms with Crippen molar-refractivity contribution in [2.24, 2.45) is 11.8 Å². The molecule has 0 amide bonds. The summed E-state index contributed by atoms with van der Waals surface area (Å²) in [6.07, 6.45) is 2.98. The van der Waals surface area contributed by atoms with Crippen molar-refractivity contribution >= 4 is 0 Å². The van der Waals surface area contributed by atoms with Gasteiger partial charge < -0.3 is 5.11 Å². The van der Waals surface area contributed by atoms with E-state index in [-0.39, 0.29) is 6.10 Å². The van der Waals surface area contributed by atoms with Gasteiger partial charge in [0.05, 0.1) is 11.8 Å². The second kappa shape index (κ2) is 7.32. The van der Waals surface area contributed by atoms with Crippen molar-refractivity contribution in [3.8, 4) is 0 Å². The van der Waals surface area contributed by atoms with Gasteiger partial charge in [-0.1, -0.05) is 13.8 Å². The van der Waals surface area contributed by atoms with Crippen molar-refractivity contribution in [2.75, 3.05) is 13.1 Å². The maximum atomic E-state index is 10.3. The SMILES string of the molecule is Cc1cc(CN2CCC(C(O)CC(C)C)CC2)nc(C)n1. The summed E-state index contributed by atoms with van der Waals surface area (Å²) >= 11 is 0. The van der Waals surface area contributed by atoms with Crippen LogP contribution in [0.25, 0.3) is 0 Å². The molecular formula is C17H29N3O. The molecule has 21 heavy (non-hydrogen) atoms. The minimum atomic E-state index is -0.129. The molecule has 1 atom stereocenters. The van der Waals surface area contributed by atoms with Gasteiger partial charge in [-0.25, -0.2) is 9.97 Å². The fourth-order valence-electron chi connectivity index (χ4n) is 3.28. The van der Waals surface area contributed by atoms with Gasteiger partial charge in [0.15, 0.2) is 0 Å². The van der Waals surface area contributed by atoms with Gasteiger partial charge in [0.25, 0.3) is 0 Å². The van der Waals surface area contributed by atoms with Crippen molar-refractivity contribution < 1.29 is 5.11 Å². The average Bonchev–Trinajstić information content (AvgIpc) is 2.37. The van der Waals surface area contributed by atoms with Crippen LogP contribution in [0.15, 0.2) is 6.07 Å². The Labute approximate surface area is 128 Å². The van der Waals surface area contributed by atoms with E-state index in [0.29, 0.717) is 11.8 Å². The highest BCUT2D eigenvalue weighted by Crippen LogP contribution is 2.25.